The van der Waals surface area contributed by atoms with E-state index in [1.165, 1.54) is 16.8 Å². The standard InChI is InChI=1S/C25H23F3N4O3S/c1-3-36(34,35)21-7-4-17(5-8-21)12-24(33)30-20-6-9-22-18(13-20)15-32(31-22)16(2)23-14-19(10-11-29-23)25(26,27)28/h4-11,13-16H,3,12H2,1-2H3,(H,30,33). The summed E-state index contributed by atoms with van der Waals surface area (Å²) < 4.78 is 64.6. The van der Waals surface area contributed by atoms with Crippen LogP contribution >= 0.6 is 0 Å². The van der Waals surface area contributed by atoms with Crippen LogP contribution in [0.1, 0.15) is 36.7 Å². The number of amides is 1. The van der Waals surface area contributed by atoms with E-state index >= 15 is 0 Å². The number of pyridine rings is 1. The largest absolute Gasteiger partial charge is 0.416 e. The normalized spacial score (nSPS) is 13.0. The zero-order valence-electron chi connectivity index (χ0n) is 19.5. The Hall–Kier alpha value is -3.73. The summed E-state index contributed by atoms with van der Waals surface area (Å²) in [5.41, 5.74) is 1.26. The number of carbonyl (C=O) groups is 1. The van der Waals surface area contributed by atoms with Gasteiger partial charge < -0.3 is 5.32 Å². The van der Waals surface area contributed by atoms with E-state index in [2.05, 4.69) is 15.4 Å². The molecule has 1 N–H and O–H groups in total. The van der Waals surface area contributed by atoms with Crippen LogP contribution in [0, 0.1) is 0 Å². The third-order valence-electron chi connectivity index (χ3n) is 5.77. The van der Waals surface area contributed by atoms with Crippen molar-refractivity contribution in [1.29, 1.82) is 0 Å². The first-order valence-electron chi connectivity index (χ1n) is 11.1. The summed E-state index contributed by atoms with van der Waals surface area (Å²) in [4.78, 5) is 16.8. The molecule has 0 saturated carbocycles. The lowest BCUT2D eigenvalue weighted by atomic mass is 10.1. The van der Waals surface area contributed by atoms with E-state index in [9.17, 15) is 26.4 Å². The molecule has 0 fully saturated rings. The van der Waals surface area contributed by atoms with Gasteiger partial charge in [0.25, 0.3) is 0 Å². The molecule has 11 heteroatoms. The molecule has 0 radical (unpaired) electrons. The van der Waals surface area contributed by atoms with Gasteiger partial charge in [-0.15, -0.1) is 0 Å². The van der Waals surface area contributed by atoms with Crippen LogP contribution in [0.15, 0.2) is 71.9 Å². The molecule has 2 heterocycles. The van der Waals surface area contributed by atoms with Gasteiger partial charge in [-0.1, -0.05) is 19.1 Å². The van der Waals surface area contributed by atoms with E-state index in [1.54, 1.807) is 50.4 Å². The fourth-order valence-electron chi connectivity index (χ4n) is 3.68. The van der Waals surface area contributed by atoms with Gasteiger partial charge in [0.1, 0.15) is 0 Å². The third-order valence-corrected chi connectivity index (χ3v) is 7.52. The molecule has 0 aliphatic carbocycles. The molecule has 2 aromatic heterocycles. The number of hydrogen-bond acceptors (Lipinski definition) is 5. The van der Waals surface area contributed by atoms with Gasteiger partial charge >= 0.3 is 6.18 Å². The van der Waals surface area contributed by atoms with Crippen molar-refractivity contribution in [1.82, 2.24) is 14.8 Å². The topological polar surface area (TPSA) is 94.0 Å². The number of sulfone groups is 1. The molecule has 1 amide bonds. The summed E-state index contributed by atoms with van der Waals surface area (Å²) in [5, 5.41) is 7.93. The highest BCUT2D eigenvalue weighted by Crippen LogP contribution is 2.31. The van der Waals surface area contributed by atoms with E-state index in [-0.39, 0.29) is 28.7 Å². The van der Waals surface area contributed by atoms with Crippen molar-refractivity contribution in [2.24, 2.45) is 0 Å². The number of halogens is 3. The Kier molecular flexibility index (Phi) is 6.85. The molecular formula is C25H23F3N4O3S. The number of hydrogen-bond donors (Lipinski definition) is 1. The average Bonchev–Trinajstić information content (AvgIpc) is 3.27. The van der Waals surface area contributed by atoms with Crippen molar-refractivity contribution in [3.8, 4) is 0 Å². The molecule has 1 unspecified atom stereocenters. The number of aromatic nitrogens is 3. The number of fused-ring (bicyclic) bond motifs is 1. The Morgan fingerprint density at radius 3 is 2.47 bits per heavy atom. The lowest BCUT2D eigenvalue weighted by molar-refractivity contribution is -0.137. The van der Waals surface area contributed by atoms with Crippen LogP contribution in [0.2, 0.25) is 0 Å². The monoisotopic (exact) mass is 516 g/mol. The first-order chi connectivity index (χ1) is 17.0. The summed E-state index contributed by atoms with van der Waals surface area (Å²) in [6.07, 6.45) is -1.59. The molecule has 36 heavy (non-hydrogen) atoms. The fraction of sp³-hybridized carbons (Fsp3) is 0.240. The van der Waals surface area contributed by atoms with E-state index < -0.39 is 27.6 Å². The van der Waals surface area contributed by atoms with Gasteiger partial charge in [0, 0.05) is 23.5 Å². The summed E-state index contributed by atoms with van der Waals surface area (Å²) in [6, 6.07) is 12.7. The van der Waals surface area contributed by atoms with Gasteiger partial charge in [0.2, 0.25) is 5.91 Å². The molecule has 0 bridgehead atoms. The summed E-state index contributed by atoms with van der Waals surface area (Å²) >= 11 is 0. The number of nitrogens with zero attached hydrogens (tertiary/aromatic N) is 3. The van der Waals surface area contributed by atoms with Crippen molar-refractivity contribution >= 4 is 32.3 Å². The summed E-state index contributed by atoms with van der Waals surface area (Å²) in [6.45, 7) is 3.27. The minimum Gasteiger partial charge on any atom is -0.326 e. The van der Waals surface area contributed by atoms with Crippen LogP contribution in [0.3, 0.4) is 0 Å². The maximum Gasteiger partial charge on any atom is 0.416 e. The minimum atomic E-state index is -4.46. The van der Waals surface area contributed by atoms with Gasteiger partial charge in [-0.05, 0) is 55.0 Å². The maximum absolute atomic E-state index is 13.1. The smallest absolute Gasteiger partial charge is 0.326 e. The zero-order valence-corrected chi connectivity index (χ0v) is 20.3. The number of carbonyl (C=O) groups excluding carboxylic acids is 1. The van der Waals surface area contributed by atoms with Gasteiger partial charge in [-0.25, -0.2) is 8.42 Å². The Bertz CT molecular complexity index is 1510. The second-order valence-electron chi connectivity index (χ2n) is 8.30. The van der Waals surface area contributed by atoms with E-state index in [4.69, 9.17) is 0 Å². The molecule has 0 spiro atoms. The molecule has 0 saturated heterocycles. The van der Waals surface area contributed by atoms with Crippen molar-refractivity contribution in [3.63, 3.8) is 0 Å². The Balaban J connectivity index is 1.47. The first kappa shape index (κ1) is 25.4. The van der Waals surface area contributed by atoms with Crippen LogP contribution in [0.4, 0.5) is 18.9 Å². The zero-order chi connectivity index (χ0) is 26.1. The van der Waals surface area contributed by atoms with Crippen molar-refractivity contribution in [2.45, 2.75) is 37.4 Å². The second-order valence-corrected chi connectivity index (χ2v) is 10.6. The molecule has 1 atom stereocenters. The van der Waals surface area contributed by atoms with E-state index in [0.717, 1.165) is 18.3 Å². The Labute approximate surface area is 205 Å². The molecule has 7 nitrogen and oxygen atoms in total. The molecule has 2 aromatic carbocycles. The first-order valence-corrected chi connectivity index (χ1v) is 12.7. The molecule has 0 aliphatic heterocycles. The highest BCUT2D eigenvalue weighted by atomic mass is 32.2. The number of nitrogens with one attached hydrogen (secondary N) is 1. The Morgan fingerprint density at radius 2 is 1.81 bits per heavy atom. The van der Waals surface area contributed by atoms with Gasteiger partial charge in [0.15, 0.2) is 9.84 Å². The number of anilines is 1. The highest BCUT2D eigenvalue weighted by molar-refractivity contribution is 7.91. The molecule has 4 aromatic rings. The van der Waals surface area contributed by atoms with Crippen molar-refractivity contribution in [3.05, 3.63) is 83.8 Å². The third kappa shape index (κ3) is 5.56. The quantitative estimate of drug-likeness (QED) is 0.372. The fourth-order valence-corrected chi connectivity index (χ4v) is 4.57. The van der Waals surface area contributed by atoms with Crippen LogP contribution in [0.25, 0.3) is 10.9 Å². The van der Waals surface area contributed by atoms with Crippen LogP contribution in [-0.2, 0) is 27.2 Å². The lowest BCUT2D eigenvalue weighted by Gasteiger charge is -2.13. The van der Waals surface area contributed by atoms with E-state index in [0.29, 0.717) is 22.2 Å². The number of benzene rings is 2. The maximum atomic E-state index is 13.1. The molecule has 0 aliphatic rings. The van der Waals surface area contributed by atoms with Crippen molar-refractivity contribution in [2.75, 3.05) is 11.1 Å². The minimum absolute atomic E-state index is 0.00112. The van der Waals surface area contributed by atoms with Gasteiger partial charge in [-0.3, -0.25) is 14.5 Å². The predicted octanol–water partition coefficient (Wildman–Crippen LogP) is 5.03. The van der Waals surface area contributed by atoms with Crippen LogP contribution < -0.4 is 5.32 Å². The molecule has 188 valence electrons. The van der Waals surface area contributed by atoms with Crippen LogP contribution in [-0.4, -0.2) is 34.8 Å². The number of rotatable bonds is 7. The lowest BCUT2D eigenvalue weighted by Crippen LogP contribution is -2.14. The SMILES string of the molecule is CCS(=O)(=O)c1ccc(CC(=O)Nc2ccc3nn(C(C)c4cc(C(F)(F)F)ccn4)cc3c2)cc1. The number of alkyl halides is 3. The Morgan fingerprint density at radius 1 is 1.08 bits per heavy atom. The molecular weight excluding hydrogens is 493 g/mol. The van der Waals surface area contributed by atoms with Gasteiger partial charge in [0.05, 0.1) is 39.9 Å². The van der Waals surface area contributed by atoms with Crippen molar-refractivity contribution < 1.29 is 26.4 Å². The van der Waals surface area contributed by atoms with E-state index in [1.807, 2.05) is 0 Å². The predicted molar refractivity (Wildman–Crippen MR) is 129 cm³/mol. The summed E-state index contributed by atoms with van der Waals surface area (Å²) in [7, 11) is -3.31. The average molecular weight is 517 g/mol. The summed E-state index contributed by atoms with van der Waals surface area (Å²) in [5.74, 6) is -0.282. The molecule has 4 rings (SSSR count). The van der Waals surface area contributed by atoms with Gasteiger partial charge in [-0.2, -0.15) is 18.3 Å². The van der Waals surface area contributed by atoms with Crippen LogP contribution in [0.5, 0.6) is 0 Å². The second kappa shape index (κ2) is 9.73. The highest BCUT2D eigenvalue weighted by Gasteiger charge is 2.31.